The molecule has 0 aliphatic heterocycles. The SMILES string of the molecule is CNc1ncnc(Nc2cccc3c2CCCC3)c1OC. The van der Waals surface area contributed by atoms with E-state index in [1.165, 1.54) is 30.3 Å². The molecule has 0 saturated heterocycles. The van der Waals surface area contributed by atoms with Crippen LogP contribution in [0.25, 0.3) is 0 Å². The lowest BCUT2D eigenvalue weighted by molar-refractivity contribution is 0.415. The van der Waals surface area contributed by atoms with Crippen LogP contribution in [-0.2, 0) is 12.8 Å². The summed E-state index contributed by atoms with van der Waals surface area (Å²) >= 11 is 0. The minimum Gasteiger partial charge on any atom is -0.490 e. The van der Waals surface area contributed by atoms with Crippen LogP contribution < -0.4 is 15.4 Å². The van der Waals surface area contributed by atoms with Gasteiger partial charge in [-0.15, -0.1) is 0 Å². The molecule has 0 fully saturated rings. The van der Waals surface area contributed by atoms with E-state index in [-0.39, 0.29) is 0 Å². The van der Waals surface area contributed by atoms with Crippen LogP contribution in [0.15, 0.2) is 24.5 Å². The van der Waals surface area contributed by atoms with Crippen molar-refractivity contribution in [1.29, 1.82) is 0 Å². The summed E-state index contributed by atoms with van der Waals surface area (Å²) in [4.78, 5) is 8.49. The molecular weight excluding hydrogens is 264 g/mol. The van der Waals surface area contributed by atoms with Gasteiger partial charge in [0.1, 0.15) is 6.33 Å². The number of benzene rings is 1. The predicted molar refractivity (Wildman–Crippen MR) is 84.5 cm³/mol. The zero-order valence-corrected chi connectivity index (χ0v) is 12.4. The minimum absolute atomic E-state index is 0.633. The highest BCUT2D eigenvalue weighted by Gasteiger charge is 2.16. The molecule has 0 spiro atoms. The average Bonchev–Trinajstić information content (AvgIpc) is 2.55. The fourth-order valence-electron chi connectivity index (χ4n) is 2.86. The van der Waals surface area contributed by atoms with Gasteiger partial charge in [0.25, 0.3) is 0 Å². The molecule has 1 aromatic heterocycles. The standard InChI is InChI=1S/C16H20N4O/c1-17-15-14(21-2)16(19-10-18-15)20-13-9-5-7-11-6-3-4-8-12(11)13/h5,7,9-10H,3-4,6,8H2,1-2H3,(H2,17,18,19,20). The molecule has 0 unspecified atom stereocenters. The zero-order valence-electron chi connectivity index (χ0n) is 12.4. The van der Waals surface area contributed by atoms with E-state index < -0.39 is 0 Å². The summed E-state index contributed by atoms with van der Waals surface area (Å²) in [5.74, 6) is 2.00. The van der Waals surface area contributed by atoms with E-state index in [9.17, 15) is 0 Å². The normalized spacial score (nSPS) is 13.4. The van der Waals surface area contributed by atoms with Gasteiger partial charge in [-0.2, -0.15) is 0 Å². The molecule has 0 radical (unpaired) electrons. The number of fused-ring (bicyclic) bond motifs is 1. The molecule has 5 heteroatoms. The fourth-order valence-corrected chi connectivity index (χ4v) is 2.86. The highest BCUT2D eigenvalue weighted by Crippen LogP contribution is 2.34. The number of methoxy groups -OCH3 is 1. The van der Waals surface area contributed by atoms with Crippen molar-refractivity contribution in [1.82, 2.24) is 9.97 Å². The van der Waals surface area contributed by atoms with Gasteiger partial charge in [-0.05, 0) is 42.9 Å². The van der Waals surface area contributed by atoms with Gasteiger partial charge in [-0.1, -0.05) is 12.1 Å². The van der Waals surface area contributed by atoms with Crippen LogP contribution in [-0.4, -0.2) is 24.1 Å². The molecule has 0 saturated carbocycles. The molecule has 1 aromatic carbocycles. The van der Waals surface area contributed by atoms with Crippen LogP contribution in [0.3, 0.4) is 0 Å². The second-order valence-corrected chi connectivity index (χ2v) is 5.13. The van der Waals surface area contributed by atoms with Gasteiger partial charge in [0, 0.05) is 12.7 Å². The summed E-state index contributed by atoms with van der Waals surface area (Å²) in [5.41, 5.74) is 3.95. The average molecular weight is 284 g/mol. The number of aromatic nitrogens is 2. The molecule has 5 nitrogen and oxygen atoms in total. The van der Waals surface area contributed by atoms with Gasteiger partial charge in [0.2, 0.25) is 5.75 Å². The molecule has 0 atom stereocenters. The molecule has 3 rings (SSSR count). The lowest BCUT2D eigenvalue weighted by Gasteiger charge is -2.20. The van der Waals surface area contributed by atoms with Crippen LogP contribution in [0.2, 0.25) is 0 Å². The first-order valence-electron chi connectivity index (χ1n) is 7.28. The quantitative estimate of drug-likeness (QED) is 0.903. The van der Waals surface area contributed by atoms with Gasteiger partial charge < -0.3 is 15.4 Å². The molecule has 110 valence electrons. The summed E-state index contributed by atoms with van der Waals surface area (Å²) in [6, 6.07) is 6.42. The van der Waals surface area contributed by atoms with E-state index >= 15 is 0 Å². The Morgan fingerprint density at radius 3 is 2.71 bits per heavy atom. The van der Waals surface area contributed by atoms with Gasteiger partial charge in [0.05, 0.1) is 7.11 Å². The molecule has 21 heavy (non-hydrogen) atoms. The number of hydrogen-bond donors (Lipinski definition) is 2. The Morgan fingerprint density at radius 1 is 1.10 bits per heavy atom. The Hall–Kier alpha value is -2.30. The number of anilines is 3. The first-order valence-corrected chi connectivity index (χ1v) is 7.28. The summed E-state index contributed by atoms with van der Waals surface area (Å²) < 4.78 is 5.43. The maximum atomic E-state index is 5.43. The topological polar surface area (TPSA) is 59.1 Å². The van der Waals surface area contributed by atoms with Crippen molar-refractivity contribution < 1.29 is 4.74 Å². The molecule has 1 aliphatic carbocycles. The molecule has 2 N–H and O–H groups in total. The van der Waals surface area contributed by atoms with Crippen LogP contribution in [0.4, 0.5) is 17.3 Å². The summed E-state index contributed by atoms with van der Waals surface area (Å²) in [7, 11) is 3.45. The minimum atomic E-state index is 0.633. The second kappa shape index (κ2) is 5.99. The molecule has 0 bridgehead atoms. The van der Waals surface area contributed by atoms with Crippen molar-refractivity contribution in [3.8, 4) is 5.75 Å². The van der Waals surface area contributed by atoms with Crippen LogP contribution in [0.1, 0.15) is 24.0 Å². The van der Waals surface area contributed by atoms with Crippen LogP contribution in [0.5, 0.6) is 5.75 Å². The smallest absolute Gasteiger partial charge is 0.204 e. The Bertz CT molecular complexity index is 605. The number of ether oxygens (including phenoxy) is 1. The number of aryl methyl sites for hydroxylation is 1. The summed E-state index contributed by atoms with van der Waals surface area (Å²) in [5, 5.41) is 6.43. The monoisotopic (exact) mass is 284 g/mol. The number of nitrogens with one attached hydrogen (secondary N) is 2. The predicted octanol–water partition coefficient (Wildman–Crippen LogP) is 3.15. The first kappa shape index (κ1) is 13.7. The van der Waals surface area contributed by atoms with E-state index in [0.29, 0.717) is 17.4 Å². The number of rotatable bonds is 4. The summed E-state index contributed by atoms with van der Waals surface area (Å²) in [6.07, 6.45) is 6.33. The maximum Gasteiger partial charge on any atom is 0.204 e. The third kappa shape index (κ3) is 2.63. The van der Waals surface area contributed by atoms with E-state index in [2.05, 4.69) is 38.8 Å². The van der Waals surface area contributed by atoms with Crippen molar-refractivity contribution in [2.24, 2.45) is 0 Å². The van der Waals surface area contributed by atoms with Crippen molar-refractivity contribution in [3.05, 3.63) is 35.7 Å². The highest BCUT2D eigenvalue weighted by molar-refractivity contribution is 5.71. The van der Waals surface area contributed by atoms with Crippen LogP contribution in [0, 0.1) is 0 Å². The van der Waals surface area contributed by atoms with Crippen molar-refractivity contribution >= 4 is 17.3 Å². The van der Waals surface area contributed by atoms with Crippen molar-refractivity contribution in [2.75, 3.05) is 24.8 Å². The highest BCUT2D eigenvalue weighted by atomic mass is 16.5. The molecular formula is C16H20N4O. The molecule has 2 aromatic rings. The first-order chi connectivity index (χ1) is 10.3. The van der Waals surface area contributed by atoms with Crippen molar-refractivity contribution in [3.63, 3.8) is 0 Å². The van der Waals surface area contributed by atoms with Gasteiger partial charge in [-0.3, -0.25) is 0 Å². The van der Waals surface area contributed by atoms with E-state index in [4.69, 9.17) is 4.74 Å². The number of hydrogen-bond acceptors (Lipinski definition) is 5. The summed E-state index contributed by atoms with van der Waals surface area (Å²) in [6.45, 7) is 0. The molecule has 1 aliphatic rings. The van der Waals surface area contributed by atoms with Gasteiger partial charge in [-0.25, -0.2) is 9.97 Å². The fraction of sp³-hybridized carbons (Fsp3) is 0.375. The van der Waals surface area contributed by atoms with E-state index in [1.54, 1.807) is 7.11 Å². The van der Waals surface area contributed by atoms with Crippen LogP contribution >= 0.6 is 0 Å². The zero-order chi connectivity index (χ0) is 14.7. The Balaban J connectivity index is 1.98. The molecule has 0 amide bonds. The van der Waals surface area contributed by atoms with Crippen molar-refractivity contribution in [2.45, 2.75) is 25.7 Å². The number of nitrogens with zero attached hydrogens (tertiary/aromatic N) is 2. The Morgan fingerprint density at radius 2 is 1.90 bits per heavy atom. The Labute approximate surface area is 124 Å². The van der Waals surface area contributed by atoms with Gasteiger partial charge >= 0.3 is 0 Å². The largest absolute Gasteiger partial charge is 0.490 e. The van der Waals surface area contributed by atoms with E-state index in [1.807, 2.05) is 7.05 Å². The lowest BCUT2D eigenvalue weighted by Crippen LogP contribution is -2.08. The Kier molecular flexibility index (Phi) is 3.90. The third-order valence-electron chi connectivity index (χ3n) is 3.89. The molecule has 1 heterocycles. The third-order valence-corrected chi connectivity index (χ3v) is 3.89. The second-order valence-electron chi connectivity index (χ2n) is 5.13. The maximum absolute atomic E-state index is 5.43. The lowest BCUT2D eigenvalue weighted by atomic mass is 9.90. The van der Waals surface area contributed by atoms with E-state index in [0.717, 1.165) is 18.5 Å². The van der Waals surface area contributed by atoms with Gasteiger partial charge in [0.15, 0.2) is 11.6 Å².